The molecular formula is C54H66Cl2N12O16. The average molecular weight is 1210 g/mol. The van der Waals surface area contributed by atoms with Crippen LogP contribution in [0, 0.1) is 0 Å². The van der Waals surface area contributed by atoms with Crippen molar-refractivity contribution in [2.24, 2.45) is 0 Å². The summed E-state index contributed by atoms with van der Waals surface area (Å²) in [5, 5.41) is 53.7. The molecule has 452 valence electrons. The van der Waals surface area contributed by atoms with E-state index in [4.69, 9.17) is 42.5 Å². The van der Waals surface area contributed by atoms with Crippen molar-refractivity contribution in [3.63, 3.8) is 0 Å². The highest BCUT2D eigenvalue weighted by atomic mass is 35.5. The van der Waals surface area contributed by atoms with Crippen LogP contribution < -0.4 is 30.7 Å². The van der Waals surface area contributed by atoms with Gasteiger partial charge in [0.2, 0.25) is 23.6 Å². The van der Waals surface area contributed by atoms with E-state index in [1.54, 1.807) is 71.8 Å². The van der Waals surface area contributed by atoms with E-state index in [1.165, 1.54) is 13.3 Å². The molecule has 2 saturated heterocycles. The fourth-order valence-electron chi connectivity index (χ4n) is 9.79. The van der Waals surface area contributed by atoms with E-state index in [-0.39, 0.29) is 109 Å². The predicted octanol–water partition coefficient (Wildman–Crippen LogP) is 1.06. The summed E-state index contributed by atoms with van der Waals surface area (Å²) in [6.45, 7) is 3.63. The number of nitrogens with zero attached hydrogens (tertiary/aromatic N) is 8. The topological polar surface area (TPSA) is 357 Å². The fraction of sp³-hybridized carbons (Fsp3) is 0.463. The number of carboxylic acids is 4. The van der Waals surface area contributed by atoms with Gasteiger partial charge in [-0.1, -0.05) is 23.2 Å². The number of hydrogen-bond donors (Lipinski definition) is 8. The molecule has 30 heteroatoms. The normalized spacial score (nSPS) is 16.5. The van der Waals surface area contributed by atoms with Crippen LogP contribution in [0.1, 0.15) is 42.7 Å². The third kappa shape index (κ3) is 17.5. The third-order valence-corrected chi connectivity index (χ3v) is 14.4. The molecule has 0 radical (unpaired) electrons. The molecule has 8 N–H and O–H groups in total. The van der Waals surface area contributed by atoms with Crippen LogP contribution in [0.15, 0.2) is 48.8 Å². The van der Waals surface area contributed by atoms with Crippen LogP contribution >= 0.6 is 23.2 Å². The summed E-state index contributed by atoms with van der Waals surface area (Å²) in [7, 11) is 1.48. The standard InChI is InChI=1S/C54H66Cl2N12O16/c1-54(2)31-83-15-14-67(54)52(79)50-39-30-84-42-21-41(82-3)37(20-38(42)51(39)68(62-50)36-18-33(55)17-34(56)19-36)32-16-35(23-57-22-32)60-44(70)24-58-43(69)5-4-40(53(80)81)61-45(71)25-59-46(72)26-63-6-8-64(27-47(73)74)10-12-66(29-49(77)78)13-11-65(9-7-63)28-48(75)76/h16-23,40H,4-15,24-31H2,1-3H3,(H,58,69)(H,59,72)(H,60,70)(H,61,71)(H,73,74)(H,75,76)(H,77,78)(H,80,81). The number of benzene rings is 2. The number of methoxy groups -OCH3 is 1. The number of morpholine rings is 1. The lowest BCUT2D eigenvalue weighted by molar-refractivity contribution is -0.142. The van der Waals surface area contributed by atoms with Crippen molar-refractivity contribution >= 4 is 82.3 Å². The van der Waals surface area contributed by atoms with E-state index in [1.807, 2.05) is 13.8 Å². The van der Waals surface area contributed by atoms with Crippen molar-refractivity contribution in [2.75, 3.05) is 124 Å². The number of anilines is 1. The zero-order valence-corrected chi connectivity index (χ0v) is 47.9. The van der Waals surface area contributed by atoms with E-state index in [9.17, 15) is 63.6 Å². The number of ether oxygens (including phenoxy) is 3. The van der Waals surface area contributed by atoms with Gasteiger partial charge in [0, 0.05) is 110 Å². The van der Waals surface area contributed by atoms with Gasteiger partial charge in [0.25, 0.3) is 5.91 Å². The van der Waals surface area contributed by atoms with Crippen LogP contribution in [0.5, 0.6) is 11.5 Å². The first-order chi connectivity index (χ1) is 40.0. The number of hydrogen-bond acceptors (Lipinski definition) is 18. The van der Waals surface area contributed by atoms with Crippen molar-refractivity contribution in [2.45, 2.75) is 44.9 Å². The Kier molecular flexibility index (Phi) is 22.0. The summed E-state index contributed by atoms with van der Waals surface area (Å²) in [4.78, 5) is 126. The highest BCUT2D eigenvalue weighted by Gasteiger charge is 2.40. The average Bonchev–Trinajstić information content (AvgIpc) is 1.73. The fourth-order valence-corrected chi connectivity index (χ4v) is 10.3. The number of pyridine rings is 1. The minimum Gasteiger partial charge on any atom is -0.496 e. The number of amides is 5. The van der Waals surface area contributed by atoms with E-state index < -0.39 is 78.6 Å². The van der Waals surface area contributed by atoms with Crippen LogP contribution in [0.2, 0.25) is 10.0 Å². The Hall–Kier alpha value is -7.99. The zero-order chi connectivity index (χ0) is 60.8. The van der Waals surface area contributed by atoms with Gasteiger partial charge in [0.1, 0.15) is 24.1 Å². The summed E-state index contributed by atoms with van der Waals surface area (Å²) >= 11 is 13.0. The van der Waals surface area contributed by atoms with Gasteiger partial charge in [-0.15, -0.1) is 0 Å². The molecule has 0 bridgehead atoms. The van der Waals surface area contributed by atoms with Gasteiger partial charge < -0.3 is 60.8 Å². The van der Waals surface area contributed by atoms with Crippen LogP contribution in [-0.2, 0) is 49.7 Å². The zero-order valence-electron chi connectivity index (χ0n) is 46.4. The second kappa shape index (κ2) is 29.0. The molecule has 3 aliphatic rings. The highest BCUT2D eigenvalue weighted by molar-refractivity contribution is 6.34. The second-order valence-corrected chi connectivity index (χ2v) is 21.6. The lowest BCUT2D eigenvalue weighted by Crippen LogP contribution is -2.55. The SMILES string of the molecule is COc1cc2c(cc1-c1cncc(NC(=O)CNC(=O)CCC(NC(=O)CNC(=O)CN3CCN(CC(=O)O)CCN(CC(=O)O)CCN(CC(=O)O)CC3)C(=O)O)c1)-c1c(c(C(=O)N3CCOCC3(C)C)nn1-c1cc(Cl)cc(Cl)c1)CO2. The first kappa shape index (κ1) is 63.6. The Morgan fingerprint density at radius 1 is 0.690 bits per heavy atom. The molecule has 4 aromatic rings. The maximum absolute atomic E-state index is 14.4. The van der Waals surface area contributed by atoms with Crippen LogP contribution in [-0.4, -0.2) is 243 Å². The van der Waals surface area contributed by atoms with Crippen molar-refractivity contribution in [1.29, 1.82) is 0 Å². The van der Waals surface area contributed by atoms with Crippen molar-refractivity contribution in [3.8, 4) is 39.6 Å². The highest BCUT2D eigenvalue weighted by Crippen LogP contribution is 2.47. The van der Waals surface area contributed by atoms with Gasteiger partial charge in [-0.2, -0.15) is 5.10 Å². The summed E-state index contributed by atoms with van der Waals surface area (Å²) in [5.41, 5.74) is 2.86. The van der Waals surface area contributed by atoms with Gasteiger partial charge >= 0.3 is 23.9 Å². The van der Waals surface area contributed by atoms with E-state index >= 15 is 0 Å². The van der Waals surface area contributed by atoms with Crippen molar-refractivity contribution in [3.05, 3.63) is 70.1 Å². The first-order valence-corrected chi connectivity index (χ1v) is 27.4. The predicted molar refractivity (Wildman–Crippen MR) is 301 cm³/mol. The molecule has 1 atom stereocenters. The van der Waals surface area contributed by atoms with Gasteiger partial charge in [-0.05, 0) is 50.6 Å². The van der Waals surface area contributed by atoms with E-state index in [2.05, 4.69) is 26.3 Å². The molecule has 2 aromatic heterocycles. The van der Waals surface area contributed by atoms with Gasteiger partial charge in [0.05, 0.1) is 88.4 Å². The lowest BCUT2D eigenvalue weighted by Gasteiger charge is -2.41. The summed E-state index contributed by atoms with van der Waals surface area (Å²) in [6, 6.07) is 8.48. The number of carbonyl (C=O) groups excluding carboxylic acids is 5. The molecule has 84 heavy (non-hydrogen) atoms. The maximum Gasteiger partial charge on any atom is 0.326 e. The molecule has 1 unspecified atom stereocenters. The van der Waals surface area contributed by atoms with Crippen molar-refractivity contribution in [1.82, 2.24) is 55.2 Å². The Balaban J connectivity index is 0.943. The molecule has 2 fully saturated rings. The Bertz CT molecular complexity index is 3090. The molecule has 0 aliphatic carbocycles. The molecule has 5 amide bonds. The molecule has 7 rings (SSSR count). The summed E-state index contributed by atoms with van der Waals surface area (Å²) < 4.78 is 19.4. The molecular weight excluding hydrogens is 1140 g/mol. The number of aliphatic carboxylic acids is 4. The maximum atomic E-state index is 14.4. The van der Waals surface area contributed by atoms with Crippen LogP contribution in [0.3, 0.4) is 0 Å². The number of carbonyl (C=O) groups is 9. The first-order valence-electron chi connectivity index (χ1n) is 26.7. The van der Waals surface area contributed by atoms with E-state index in [0.717, 1.165) is 0 Å². The molecule has 28 nitrogen and oxygen atoms in total. The van der Waals surface area contributed by atoms with Gasteiger partial charge in [0.15, 0.2) is 5.69 Å². The minimum absolute atomic E-state index is 0.00482. The monoisotopic (exact) mass is 1210 g/mol. The molecule has 3 aliphatic heterocycles. The van der Waals surface area contributed by atoms with E-state index in [0.29, 0.717) is 74.9 Å². The molecule has 5 heterocycles. The number of halogens is 2. The number of rotatable bonds is 22. The third-order valence-electron chi connectivity index (χ3n) is 14.0. The number of aromatic nitrogens is 3. The number of carboxylic acid groups (broad SMARTS) is 4. The van der Waals surface area contributed by atoms with Crippen LogP contribution in [0.4, 0.5) is 5.69 Å². The molecule has 2 aromatic carbocycles. The lowest BCUT2D eigenvalue weighted by atomic mass is 9.95. The molecule has 0 spiro atoms. The molecule has 0 saturated carbocycles. The second-order valence-electron chi connectivity index (χ2n) is 20.7. The van der Waals surface area contributed by atoms with Crippen LogP contribution in [0.25, 0.3) is 28.1 Å². The smallest absolute Gasteiger partial charge is 0.326 e. The quantitative estimate of drug-likeness (QED) is 0.0545. The van der Waals surface area contributed by atoms with Gasteiger partial charge in [-0.3, -0.25) is 62.9 Å². The number of nitrogens with one attached hydrogen (secondary N) is 4. The minimum atomic E-state index is -1.56. The Morgan fingerprint density at radius 3 is 1.82 bits per heavy atom. The largest absolute Gasteiger partial charge is 0.496 e. The number of fused-ring (bicyclic) bond motifs is 3. The van der Waals surface area contributed by atoms with Gasteiger partial charge in [-0.25, -0.2) is 9.48 Å². The Morgan fingerprint density at radius 2 is 1.26 bits per heavy atom. The summed E-state index contributed by atoms with van der Waals surface area (Å²) in [6.07, 6.45) is 2.12. The van der Waals surface area contributed by atoms with Crippen molar-refractivity contribution < 1.29 is 77.8 Å². The Labute approximate surface area is 491 Å². The summed E-state index contributed by atoms with van der Waals surface area (Å²) in [5.74, 6) is -7.22.